The van der Waals surface area contributed by atoms with E-state index in [0.717, 1.165) is 83.5 Å². The summed E-state index contributed by atoms with van der Waals surface area (Å²) < 4.78 is 58.1. The van der Waals surface area contributed by atoms with Gasteiger partial charge in [-0.2, -0.15) is 0 Å². The molecule has 0 aliphatic carbocycles. The van der Waals surface area contributed by atoms with Crippen LogP contribution in [-0.2, 0) is 36.3 Å². The Hall–Kier alpha value is 0.220. The molecule has 0 bridgehead atoms. The van der Waals surface area contributed by atoms with Crippen molar-refractivity contribution in [2.24, 2.45) is 0 Å². The molecule has 0 fully saturated rings. The maximum absolute atomic E-state index is 12.7. The van der Waals surface area contributed by atoms with Crippen LogP contribution in [0.25, 0.3) is 0 Å². The smallest absolute Gasteiger partial charge is 0.287 e. The molecule has 0 rings (SSSR count). The summed E-state index contributed by atoms with van der Waals surface area (Å²) in [5.41, 5.74) is 0. The second-order valence-electron chi connectivity index (χ2n) is 8.08. The van der Waals surface area contributed by atoms with Gasteiger partial charge in [0.05, 0.1) is 39.6 Å². The number of hydrogen-bond donors (Lipinski definition) is 0. The molecule has 0 atom stereocenters. The van der Waals surface area contributed by atoms with Gasteiger partial charge in [-0.3, -0.25) is 27.1 Å². The predicted molar refractivity (Wildman–Crippen MR) is 134 cm³/mol. The predicted octanol–water partition coefficient (Wildman–Crippen LogP) is 8.45. The minimum atomic E-state index is -3.47. The van der Waals surface area contributed by atoms with Crippen molar-refractivity contribution in [1.29, 1.82) is 0 Å². The van der Waals surface area contributed by atoms with E-state index in [9.17, 15) is 9.13 Å². The lowest BCUT2D eigenvalue weighted by Crippen LogP contribution is -2.04. The van der Waals surface area contributed by atoms with E-state index in [2.05, 4.69) is 27.7 Å². The molecule has 0 aliphatic rings. The van der Waals surface area contributed by atoms with Gasteiger partial charge in [0, 0.05) is 0 Å². The van der Waals surface area contributed by atoms with Crippen LogP contribution in [0.2, 0.25) is 0 Å². The van der Waals surface area contributed by atoms with Crippen molar-refractivity contribution in [2.45, 2.75) is 111 Å². The lowest BCUT2D eigenvalue weighted by molar-refractivity contribution is 0.109. The first-order valence-electron chi connectivity index (χ1n) is 13.0. The van der Waals surface area contributed by atoms with Crippen molar-refractivity contribution in [3.63, 3.8) is 0 Å². The summed E-state index contributed by atoms with van der Waals surface area (Å²) in [7, 11) is -6.93. The van der Waals surface area contributed by atoms with Crippen molar-refractivity contribution in [1.82, 2.24) is 0 Å². The van der Waals surface area contributed by atoms with Gasteiger partial charge < -0.3 is 0 Å². The molecule has 0 aromatic rings. The average Bonchev–Trinajstić information content (AvgIpc) is 2.79. The largest absolute Gasteiger partial charge is 0.474 e. The zero-order valence-electron chi connectivity index (χ0n) is 21.6. The highest BCUT2D eigenvalue weighted by molar-refractivity contribution is 7.48. The minimum absolute atomic E-state index is 0.345. The Morgan fingerprint density at radius 1 is 0.364 bits per heavy atom. The summed E-state index contributed by atoms with van der Waals surface area (Å²) in [6, 6.07) is 0. The summed E-state index contributed by atoms with van der Waals surface area (Å²) in [4.78, 5) is 0. The second kappa shape index (κ2) is 22.7. The maximum Gasteiger partial charge on any atom is 0.474 e. The van der Waals surface area contributed by atoms with E-state index in [-0.39, 0.29) is 0 Å². The molecule has 0 heterocycles. The van der Waals surface area contributed by atoms with E-state index in [1.54, 1.807) is 0 Å². The van der Waals surface area contributed by atoms with E-state index in [1.807, 2.05) is 0 Å². The fraction of sp³-hybridized carbons (Fsp3) is 1.00. The van der Waals surface area contributed by atoms with Crippen molar-refractivity contribution in [3.05, 3.63) is 0 Å². The molecule has 0 N–H and O–H groups in total. The highest BCUT2D eigenvalue weighted by Crippen LogP contribution is 2.50. The zero-order chi connectivity index (χ0) is 24.7. The van der Waals surface area contributed by atoms with Crippen LogP contribution in [0.4, 0.5) is 0 Å². The Morgan fingerprint density at radius 3 is 0.818 bits per heavy atom. The van der Waals surface area contributed by atoms with Gasteiger partial charge in [0.15, 0.2) is 0 Å². The summed E-state index contributed by atoms with van der Waals surface area (Å²) >= 11 is 0. The Labute approximate surface area is 203 Å². The molecule has 0 aromatic carbocycles. The maximum atomic E-state index is 12.7. The number of rotatable bonds is 26. The van der Waals surface area contributed by atoms with Gasteiger partial charge in [0.1, 0.15) is 0 Å². The fourth-order valence-electron chi connectivity index (χ4n) is 2.59. The Morgan fingerprint density at radius 2 is 0.576 bits per heavy atom. The molecule has 0 spiro atoms. The molecule has 10 heteroatoms. The van der Waals surface area contributed by atoms with Gasteiger partial charge in [-0.25, -0.2) is 9.13 Å². The first-order chi connectivity index (χ1) is 15.9. The molecule has 0 aromatic heterocycles. The number of phosphoric acid groups is 2. The van der Waals surface area contributed by atoms with Crippen LogP contribution >= 0.6 is 15.6 Å². The molecule has 33 heavy (non-hydrogen) atoms. The molecule has 200 valence electrons. The Kier molecular flexibility index (Phi) is 22.8. The zero-order valence-corrected chi connectivity index (χ0v) is 23.4. The van der Waals surface area contributed by atoms with Gasteiger partial charge >= 0.3 is 15.6 Å². The SMILES string of the molecule is CCCCOP(=O)(OCCCC)OCCCCCCCOP(=O)(OCCCC)OCCCC. The quantitative estimate of drug-likeness (QED) is 0.0835. The third-order valence-corrected chi connectivity index (χ3v) is 7.77. The van der Waals surface area contributed by atoms with Gasteiger partial charge in [0.25, 0.3) is 0 Å². The summed E-state index contributed by atoms with van der Waals surface area (Å²) in [5, 5.41) is 0. The van der Waals surface area contributed by atoms with E-state index >= 15 is 0 Å². The molecule has 0 aliphatic heterocycles. The molecular formula is C23H50O8P2. The molecule has 0 radical (unpaired) electrons. The van der Waals surface area contributed by atoms with E-state index in [1.165, 1.54) is 0 Å². The van der Waals surface area contributed by atoms with Crippen molar-refractivity contribution in [2.75, 3.05) is 39.6 Å². The van der Waals surface area contributed by atoms with Crippen LogP contribution in [0.1, 0.15) is 111 Å². The lowest BCUT2D eigenvalue weighted by atomic mass is 10.2. The van der Waals surface area contributed by atoms with Gasteiger partial charge in [-0.1, -0.05) is 72.6 Å². The highest BCUT2D eigenvalue weighted by atomic mass is 31.2. The topological polar surface area (TPSA) is 89.5 Å². The van der Waals surface area contributed by atoms with Gasteiger partial charge in [-0.05, 0) is 38.5 Å². The molecule has 0 unspecified atom stereocenters. The molecule has 8 nitrogen and oxygen atoms in total. The van der Waals surface area contributed by atoms with Crippen LogP contribution in [0.3, 0.4) is 0 Å². The van der Waals surface area contributed by atoms with Crippen LogP contribution < -0.4 is 0 Å². The van der Waals surface area contributed by atoms with Gasteiger partial charge in [0.2, 0.25) is 0 Å². The van der Waals surface area contributed by atoms with E-state index in [0.29, 0.717) is 39.6 Å². The molecule has 0 saturated heterocycles. The van der Waals surface area contributed by atoms with Crippen LogP contribution in [0.5, 0.6) is 0 Å². The first-order valence-corrected chi connectivity index (χ1v) is 15.9. The van der Waals surface area contributed by atoms with Crippen LogP contribution in [0.15, 0.2) is 0 Å². The second-order valence-corrected chi connectivity index (χ2v) is 11.4. The minimum Gasteiger partial charge on any atom is -0.287 e. The normalized spacial score (nSPS) is 12.5. The number of unbranched alkanes of at least 4 members (excludes halogenated alkanes) is 8. The summed E-state index contributed by atoms with van der Waals surface area (Å²) in [5.74, 6) is 0. The summed E-state index contributed by atoms with van der Waals surface area (Å²) in [6.07, 6.45) is 11.5. The van der Waals surface area contributed by atoms with Crippen molar-refractivity contribution >= 4 is 15.6 Å². The van der Waals surface area contributed by atoms with E-state index in [4.69, 9.17) is 27.1 Å². The number of hydrogen-bond acceptors (Lipinski definition) is 8. The third-order valence-electron chi connectivity index (χ3n) is 4.78. The van der Waals surface area contributed by atoms with Crippen molar-refractivity contribution in [3.8, 4) is 0 Å². The van der Waals surface area contributed by atoms with E-state index < -0.39 is 15.6 Å². The Balaban J connectivity index is 4.06. The van der Waals surface area contributed by atoms with Crippen LogP contribution in [0, 0.1) is 0 Å². The molecule has 0 saturated carbocycles. The summed E-state index contributed by atoms with van der Waals surface area (Å²) in [6.45, 7) is 10.4. The monoisotopic (exact) mass is 516 g/mol. The Bertz CT molecular complexity index is 447. The fourth-order valence-corrected chi connectivity index (χ4v) is 5.16. The van der Waals surface area contributed by atoms with Crippen LogP contribution in [-0.4, -0.2) is 39.6 Å². The third kappa shape index (κ3) is 20.1. The lowest BCUT2D eigenvalue weighted by Gasteiger charge is -2.18. The highest BCUT2D eigenvalue weighted by Gasteiger charge is 2.27. The standard InChI is InChI=1S/C23H50O8P2/c1-5-9-18-26-32(24,27-19-10-6-2)30-22-16-14-13-15-17-23-31-33(25,28-20-11-7-3)29-21-12-8-4/h5-23H2,1-4H3. The molecule has 0 amide bonds. The van der Waals surface area contributed by atoms with Gasteiger partial charge in [-0.15, -0.1) is 0 Å². The first kappa shape index (κ1) is 33.2. The van der Waals surface area contributed by atoms with Crippen molar-refractivity contribution < 1.29 is 36.3 Å². The number of phosphoric ester groups is 2. The average molecular weight is 517 g/mol. The molecular weight excluding hydrogens is 466 g/mol.